The maximum atomic E-state index is 12.8. The van der Waals surface area contributed by atoms with Gasteiger partial charge >= 0.3 is 5.97 Å². The van der Waals surface area contributed by atoms with Crippen LogP contribution >= 0.6 is 34.8 Å². The van der Waals surface area contributed by atoms with E-state index in [0.29, 0.717) is 19.4 Å². The highest BCUT2D eigenvalue weighted by Gasteiger charge is 2.51. The van der Waals surface area contributed by atoms with E-state index >= 15 is 0 Å². The molecule has 178 valence electrons. The van der Waals surface area contributed by atoms with Crippen LogP contribution in [0.1, 0.15) is 47.5 Å². The molecule has 12 heteroatoms. The molecule has 0 aromatic carbocycles. The Morgan fingerprint density at radius 3 is 2.42 bits per heavy atom. The van der Waals surface area contributed by atoms with Gasteiger partial charge in [0.25, 0.3) is 5.91 Å². The molecule has 2 aliphatic heterocycles. The summed E-state index contributed by atoms with van der Waals surface area (Å²) in [5, 5.41) is 7.30. The van der Waals surface area contributed by atoms with E-state index in [9.17, 15) is 14.4 Å². The van der Waals surface area contributed by atoms with Crippen LogP contribution in [0.15, 0.2) is 0 Å². The first-order valence-electron chi connectivity index (χ1n) is 10.3. The normalized spacial score (nSPS) is 28.1. The van der Waals surface area contributed by atoms with E-state index in [1.54, 1.807) is 6.92 Å². The molecule has 31 heavy (non-hydrogen) atoms. The number of hydrogen-bond acceptors (Lipinski definition) is 7. The number of hydrogen-bond donors (Lipinski definition) is 3. The average Bonchev–Trinajstić information content (AvgIpc) is 3.28. The Morgan fingerprint density at radius 1 is 1.29 bits per heavy atom. The summed E-state index contributed by atoms with van der Waals surface area (Å²) in [5.74, 6) is -1.29. The fourth-order valence-corrected chi connectivity index (χ4v) is 3.46. The molecule has 2 fully saturated rings. The van der Waals surface area contributed by atoms with E-state index in [1.165, 1.54) is 5.01 Å². The number of amides is 2. The molecular formula is C19H31Cl3N4O5. The molecule has 2 heterocycles. The van der Waals surface area contributed by atoms with Gasteiger partial charge in [0.2, 0.25) is 9.70 Å². The van der Waals surface area contributed by atoms with Crippen molar-refractivity contribution < 1.29 is 23.9 Å². The lowest BCUT2D eigenvalue weighted by Crippen LogP contribution is -2.61. The van der Waals surface area contributed by atoms with Crippen molar-refractivity contribution in [2.45, 2.75) is 81.2 Å². The number of carbonyl (C=O) groups is 3. The molecule has 0 aromatic rings. The van der Waals surface area contributed by atoms with Gasteiger partial charge in [-0.05, 0) is 39.5 Å². The van der Waals surface area contributed by atoms with Crippen molar-refractivity contribution in [1.82, 2.24) is 21.1 Å². The molecule has 0 saturated carbocycles. The molecule has 0 spiro atoms. The topological polar surface area (TPSA) is 112 Å². The van der Waals surface area contributed by atoms with Crippen LogP contribution in [0.3, 0.4) is 0 Å². The first-order chi connectivity index (χ1) is 14.2. The zero-order valence-electron chi connectivity index (χ0n) is 18.3. The van der Waals surface area contributed by atoms with Crippen molar-refractivity contribution in [3.63, 3.8) is 0 Å². The van der Waals surface area contributed by atoms with Gasteiger partial charge in [0, 0.05) is 6.54 Å². The second kappa shape index (κ2) is 10.4. The molecule has 3 N–H and O–H groups in total. The molecule has 2 aliphatic rings. The molecule has 2 amide bonds. The maximum absolute atomic E-state index is 12.8. The number of rotatable bonds is 8. The Hall–Kier alpha value is -0.840. The van der Waals surface area contributed by atoms with Crippen molar-refractivity contribution in [3.05, 3.63) is 0 Å². The second-order valence-corrected chi connectivity index (χ2v) is 11.0. The number of carbonyl (C=O) groups excluding carboxylic acids is 3. The number of nitrogens with zero attached hydrogens (tertiary/aromatic N) is 1. The number of esters is 1. The highest BCUT2D eigenvalue weighted by Crippen LogP contribution is 2.33. The lowest BCUT2D eigenvalue weighted by atomic mass is 10.0. The van der Waals surface area contributed by atoms with Gasteiger partial charge in [0.15, 0.2) is 0 Å². The summed E-state index contributed by atoms with van der Waals surface area (Å²) in [4.78, 5) is 37.9. The van der Waals surface area contributed by atoms with Crippen molar-refractivity contribution >= 4 is 52.6 Å². The van der Waals surface area contributed by atoms with Crippen LogP contribution in [0.4, 0.5) is 0 Å². The van der Waals surface area contributed by atoms with Gasteiger partial charge in [0.1, 0.15) is 24.4 Å². The second-order valence-electron chi connectivity index (χ2n) is 8.50. The van der Waals surface area contributed by atoms with E-state index in [0.717, 1.165) is 0 Å². The smallest absolute Gasteiger partial charge is 0.325 e. The molecule has 0 bridgehead atoms. The number of halogens is 3. The van der Waals surface area contributed by atoms with Crippen molar-refractivity contribution in [1.29, 1.82) is 0 Å². The van der Waals surface area contributed by atoms with E-state index in [-0.39, 0.29) is 30.4 Å². The molecule has 0 radical (unpaired) electrons. The number of alkyl halides is 3. The summed E-state index contributed by atoms with van der Waals surface area (Å²) < 4.78 is 8.80. The van der Waals surface area contributed by atoms with Crippen molar-refractivity contribution in [2.75, 3.05) is 13.2 Å². The van der Waals surface area contributed by atoms with Gasteiger partial charge in [-0.1, -0.05) is 48.7 Å². The summed E-state index contributed by atoms with van der Waals surface area (Å²) in [6.07, 6.45) is 1.06. The van der Waals surface area contributed by atoms with E-state index in [1.807, 2.05) is 27.7 Å². The van der Waals surface area contributed by atoms with Crippen LogP contribution in [0.5, 0.6) is 0 Å². The first kappa shape index (κ1) is 26.4. The summed E-state index contributed by atoms with van der Waals surface area (Å²) in [6.45, 7) is 9.24. The Kier molecular flexibility index (Phi) is 8.86. The lowest BCUT2D eigenvalue weighted by Gasteiger charge is -2.35. The van der Waals surface area contributed by atoms with Crippen LogP contribution < -0.4 is 16.1 Å². The van der Waals surface area contributed by atoms with Gasteiger partial charge in [-0.3, -0.25) is 24.7 Å². The number of ether oxygens (including phenoxy) is 2. The van der Waals surface area contributed by atoms with Crippen LogP contribution in [-0.4, -0.2) is 69.7 Å². The van der Waals surface area contributed by atoms with Gasteiger partial charge in [-0.25, -0.2) is 5.43 Å². The van der Waals surface area contributed by atoms with E-state index < -0.39 is 33.6 Å². The van der Waals surface area contributed by atoms with Gasteiger partial charge in [0.05, 0.1) is 12.1 Å². The highest BCUT2D eigenvalue weighted by atomic mass is 35.6. The summed E-state index contributed by atoms with van der Waals surface area (Å²) in [6, 6.07) is -2.07. The fraction of sp³-hybridized carbons (Fsp3) is 0.842. The molecule has 2 saturated heterocycles. The minimum Gasteiger partial charge on any atom is -0.460 e. The quantitative estimate of drug-likeness (QED) is 0.263. The van der Waals surface area contributed by atoms with Crippen LogP contribution in [0.25, 0.3) is 0 Å². The van der Waals surface area contributed by atoms with Crippen LogP contribution in [0, 0.1) is 5.92 Å². The monoisotopic (exact) mass is 500 g/mol. The largest absolute Gasteiger partial charge is 0.460 e. The van der Waals surface area contributed by atoms with Crippen LogP contribution in [-0.2, 0) is 23.9 Å². The Labute approximate surface area is 197 Å². The Bertz CT molecular complexity index is 690. The third kappa shape index (κ3) is 7.61. The SMILES string of the molecule is CC(NC(=O)[C@@H](NC1(C)O[C@@H]1C)C(C)C)C(=O)N1CCCC(C(=O)OCC(Cl)(Cl)Cl)N1. The summed E-state index contributed by atoms with van der Waals surface area (Å²) in [7, 11) is 0. The molecule has 0 aromatic heterocycles. The highest BCUT2D eigenvalue weighted by molar-refractivity contribution is 6.67. The standard InChI is InChI=1S/C19H31Cl3N4O5/c1-10(2)14(24-18(5)12(4)31-18)15(27)23-11(3)16(28)26-8-6-7-13(25-26)17(29)30-9-19(20,21)22/h10-14,24-25H,6-9H2,1-5H3,(H,23,27)/t11?,12-,13?,14+,18?/m1/s1. The third-order valence-corrected chi connectivity index (χ3v) is 5.70. The minimum atomic E-state index is -1.71. The van der Waals surface area contributed by atoms with Crippen LogP contribution in [0.2, 0.25) is 0 Å². The average molecular weight is 502 g/mol. The Morgan fingerprint density at radius 2 is 1.90 bits per heavy atom. The van der Waals surface area contributed by atoms with Crippen molar-refractivity contribution in [3.8, 4) is 0 Å². The zero-order chi connectivity index (χ0) is 23.6. The number of hydrazine groups is 1. The fourth-order valence-electron chi connectivity index (χ4n) is 3.30. The van der Waals surface area contributed by atoms with Gasteiger partial charge in [-0.15, -0.1) is 0 Å². The first-order valence-corrected chi connectivity index (χ1v) is 11.4. The zero-order valence-corrected chi connectivity index (χ0v) is 20.6. The van der Waals surface area contributed by atoms with E-state index in [2.05, 4.69) is 16.1 Å². The number of nitrogens with one attached hydrogen (secondary N) is 3. The minimum absolute atomic E-state index is 0.0106. The van der Waals surface area contributed by atoms with Crippen molar-refractivity contribution in [2.24, 2.45) is 5.92 Å². The predicted molar refractivity (Wildman–Crippen MR) is 117 cm³/mol. The van der Waals surface area contributed by atoms with Gasteiger partial charge < -0.3 is 14.8 Å². The van der Waals surface area contributed by atoms with E-state index in [4.69, 9.17) is 44.3 Å². The number of epoxide rings is 1. The molecule has 2 rings (SSSR count). The predicted octanol–water partition coefficient (Wildman–Crippen LogP) is 1.65. The Balaban J connectivity index is 1.90. The van der Waals surface area contributed by atoms with Gasteiger partial charge in [-0.2, -0.15) is 0 Å². The maximum Gasteiger partial charge on any atom is 0.325 e. The molecule has 0 aliphatic carbocycles. The molecular weight excluding hydrogens is 471 g/mol. The summed E-state index contributed by atoms with van der Waals surface area (Å²) >= 11 is 16.8. The molecule has 9 nitrogen and oxygen atoms in total. The molecule has 3 unspecified atom stereocenters. The third-order valence-electron chi connectivity index (χ3n) is 5.38. The molecule has 5 atom stereocenters. The summed E-state index contributed by atoms with van der Waals surface area (Å²) in [5.41, 5.74) is 2.30. The lowest BCUT2D eigenvalue weighted by molar-refractivity contribution is -0.152.